The standard InChI is InChI=1S/C14H16N4O3/c1-9-3-4-11(10(2)7-9)13(19)15-5-6-18-8-12(14(20)21)16-17-18/h3-4,7-8H,5-6H2,1-2H3,(H,15,19)(H,20,21). The zero-order valence-corrected chi connectivity index (χ0v) is 11.8. The Kier molecular flexibility index (Phi) is 4.32. The lowest BCUT2D eigenvalue weighted by Crippen LogP contribution is -2.28. The first-order chi connectivity index (χ1) is 9.97. The maximum Gasteiger partial charge on any atom is 0.358 e. The number of hydrogen-bond acceptors (Lipinski definition) is 4. The van der Waals surface area contributed by atoms with Gasteiger partial charge in [0.05, 0.1) is 12.7 Å². The van der Waals surface area contributed by atoms with Gasteiger partial charge in [-0.05, 0) is 25.5 Å². The molecule has 0 bridgehead atoms. The minimum Gasteiger partial charge on any atom is -0.476 e. The Balaban J connectivity index is 1.90. The van der Waals surface area contributed by atoms with Gasteiger partial charge in [-0.3, -0.25) is 4.79 Å². The number of benzene rings is 1. The highest BCUT2D eigenvalue weighted by Gasteiger charge is 2.10. The number of carboxylic acid groups (broad SMARTS) is 1. The molecule has 2 N–H and O–H groups in total. The molecular formula is C14H16N4O3. The lowest BCUT2D eigenvalue weighted by atomic mass is 10.1. The largest absolute Gasteiger partial charge is 0.476 e. The third-order valence-electron chi connectivity index (χ3n) is 3.01. The van der Waals surface area contributed by atoms with Crippen molar-refractivity contribution in [2.24, 2.45) is 0 Å². The van der Waals surface area contributed by atoms with Crippen molar-refractivity contribution >= 4 is 11.9 Å². The van der Waals surface area contributed by atoms with Gasteiger partial charge in [0.2, 0.25) is 0 Å². The molecule has 21 heavy (non-hydrogen) atoms. The number of nitrogens with zero attached hydrogens (tertiary/aromatic N) is 3. The van der Waals surface area contributed by atoms with Crippen LogP contribution in [0.1, 0.15) is 32.0 Å². The summed E-state index contributed by atoms with van der Waals surface area (Å²) < 4.78 is 1.38. The molecule has 7 heteroatoms. The molecular weight excluding hydrogens is 272 g/mol. The quantitative estimate of drug-likeness (QED) is 0.856. The highest BCUT2D eigenvalue weighted by atomic mass is 16.4. The van der Waals surface area contributed by atoms with E-state index < -0.39 is 5.97 Å². The number of nitrogens with one attached hydrogen (secondary N) is 1. The molecule has 0 unspecified atom stereocenters. The van der Waals surface area contributed by atoms with Crippen LogP contribution >= 0.6 is 0 Å². The molecule has 110 valence electrons. The molecule has 0 fully saturated rings. The number of carbonyl (C=O) groups excluding carboxylic acids is 1. The Morgan fingerprint density at radius 3 is 2.71 bits per heavy atom. The van der Waals surface area contributed by atoms with E-state index in [1.54, 1.807) is 6.07 Å². The van der Waals surface area contributed by atoms with Gasteiger partial charge in [-0.15, -0.1) is 5.10 Å². The van der Waals surface area contributed by atoms with Crippen molar-refractivity contribution in [1.82, 2.24) is 20.3 Å². The summed E-state index contributed by atoms with van der Waals surface area (Å²) in [4.78, 5) is 22.7. The zero-order valence-electron chi connectivity index (χ0n) is 11.8. The molecule has 0 saturated heterocycles. The monoisotopic (exact) mass is 288 g/mol. The summed E-state index contributed by atoms with van der Waals surface area (Å²) in [5, 5.41) is 18.7. The second-order valence-corrected chi connectivity index (χ2v) is 4.75. The molecule has 0 spiro atoms. The molecule has 1 heterocycles. The van der Waals surface area contributed by atoms with E-state index in [9.17, 15) is 9.59 Å². The Bertz CT molecular complexity index is 679. The van der Waals surface area contributed by atoms with Crippen molar-refractivity contribution in [1.29, 1.82) is 0 Å². The van der Waals surface area contributed by atoms with Gasteiger partial charge < -0.3 is 10.4 Å². The van der Waals surface area contributed by atoms with Crippen LogP contribution in [0.3, 0.4) is 0 Å². The van der Waals surface area contributed by atoms with Crippen LogP contribution in [-0.2, 0) is 6.54 Å². The van der Waals surface area contributed by atoms with E-state index in [1.807, 2.05) is 26.0 Å². The fourth-order valence-corrected chi connectivity index (χ4v) is 1.95. The summed E-state index contributed by atoms with van der Waals surface area (Å²) in [5.41, 5.74) is 2.54. The third-order valence-corrected chi connectivity index (χ3v) is 3.01. The number of amides is 1. The number of aryl methyl sites for hydroxylation is 2. The van der Waals surface area contributed by atoms with E-state index in [0.717, 1.165) is 11.1 Å². The van der Waals surface area contributed by atoms with Crippen LogP contribution in [0.4, 0.5) is 0 Å². The summed E-state index contributed by atoms with van der Waals surface area (Å²) in [6, 6.07) is 5.63. The molecule has 1 aromatic carbocycles. The highest BCUT2D eigenvalue weighted by Crippen LogP contribution is 2.10. The van der Waals surface area contributed by atoms with Crippen LogP contribution in [0.15, 0.2) is 24.4 Å². The van der Waals surface area contributed by atoms with Crippen molar-refractivity contribution in [3.63, 3.8) is 0 Å². The van der Waals surface area contributed by atoms with Gasteiger partial charge in [-0.1, -0.05) is 22.9 Å². The molecule has 0 aliphatic carbocycles. The van der Waals surface area contributed by atoms with E-state index >= 15 is 0 Å². The molecule has 0 radical (unpaired) electrons. The SMILES string of the molecule is Cc1ccc(C(=O)NCCn2cc(C(=O)O)nn2)c(C)c1. The summed E-state index contributed by atoms with van der Waals surface area (Å²) in [7, 11) is 0. The summed E-state index contributed by atoms with van der Waals surface area (Å²) >= 11 is 0. The van der Waals surface area contributed by atoms with Gasteiger partial charge in [0.15, 0.2) is 5.69 Å². The number of carbonyl (C=O) groups is 2. The Morgan fingerprint density at radius 1 is 1.33 bits per heavy atom. The Labute approximate surface area is 121 Å². The molecule has 0 saturated carbocycles. The second-order valence-electron chi connectivity index (χ2n) is 4.75. The van der Waals surface area contributed by atoms with Crippen LogP contribution in [0.2, 0.25) is 0 Å². The van der Waals surface area contributed by atoms with Crippen molar-refractivity contribution in [2.45, 2.75) is 20.4 Å². The molecule has 7 nitrogen and oxygen atoms in total. The number of aromatic carboxylic acids is 1. The number of carboxylic acids is 1. The summed E-state index contributed by atoms with van der Waals surface area (Å²) in [6.45, 7) is 4.56. The predicted molar refractivity (Wildman–Crippen MR) is 75.2 cm³/mol. The molecule has 1 aromatic heterocycles. The smallest absolute Gasteiger partial charge is 0.358 e. The van der Waals surface area contributed by atoms with Gasteiger partial charge in [-0.2, -0.15) is 0 Å². The third kappa shape index (κ3) is 3.65. The van der Waals surface area contributed by atoms with Gasteiger partial charge in [0.1, 0.15) is 0 Å². The molecule has 0 aliphatic heterocycles. The number of rotatable bonds is 5. The molecule has 0 aliphatic rings. The van der Waals surface area contributed by atoms with E-state index in [4.69, 9.17) is 5.11 Å². The summed E-state index contributed by atoms with van der Waals surface area (Å²) in [6.07, 6.45) is 1.33. The average molecular weight is 288 g/mol. The first-order valence-electron chi connectivity index (χ1n) is 6.46. The normalized spacial score (nSPS) is 10.4. The molecule has 1 amide bonds. The van der Waals surface area contributed by atoms with Crippen LogP contribution in [0.5, 0.6) is 0 Å². The zero-order chi connectivity index (χ0) is 15.4. The van der Waals surface area contributed by atoms with E-state index in [1.165, 1.54) is 10.9 Å². The lowest BCUT2D eigenvalue weighted by molar-refractivity contribution is 0.0690. The van der Waals surface area contributed by atoms with Crippen molar-refractivity contribution in [2.75, 3.05) is 6.54 Å². The minimum atomic E-state index is -1.12. The van der Waals surface area contributed by atoms with Crippen molar-refractivity contribution < 1.29 is 14.7 Å². The predicted octanol–water partition coefficient (Wildman–Crippen LogP) is 1.02. The fourth-order valence-electron chi connectivity index (χ4n) is 1.95. The van der Waals surface area contributed by atoms with Crippen molar-refractivity contribution in [3.05, 3.63) is 46.8 Å². The Hall–Kier alpha value is -2.70. The fraction of sp³-hybridized carbons (Fsp3) is 0.286. The summed E-state index contributed by atoms with van der Waals surface area (Å²) in [5.74, 6) is -1.29. The maximum atomic E-state index is 12.0. The van der Waals surface area contributed by atoms with E-state index in [2.05, 4.69) is 15.6 Å². The van der Waals surface area contributed by atoms with E-state index in [0.29, 0.717) is 18.7 Å². The topological polar surface area (TPSA) is 97.1 Å². The lowest BCUT2D eigenvalue weighted by Gasteiger charge is -2.08. The molecule has 0 atom stereocenters. The van der Waals surface area contributed by atoms with Crippen LogP contribution < -0.4 is 5.32 Å². The van der Waals surface area contributed by atoms with Gasteiger partial charge in [0, 0.05) is 12.1 Å². The van der Waals surface area contributed by atoms with E-state index in [-0.39, 0.29) is 11.6 Å². The minimum absolute atomic E-state index is 0.115. The van der Waals surface area contributed by atoms with Crippen molar-refractivity contribution in [3.8, 4) is 0 Å². The van der Waals surface area contributed by atoms with Crippen LogP contribution in [-0.4, -0.2) is 38.5 Å². The molecule has 2 rings (SSSR count). The average Bonchev–Trinajstić information content (AvgIpc) is 2.87. The number of aromatic nitrogens is 3. The maximum absolute atomic E-state index is 12.0. The Morgan fingerprint density at radius 2 is 2.10 bits per heavy atom. The van der Waals surface area contributed by atoms with Crippen LogP contribution in [0, 0.1) is 13.8 Å². The second kappa shape index (κ2) is 6.17. The van der Waals surface area contributed by atoms with Gasteiger partial charge in [0.25, 0.3) is 5.91 Å². The van der Waals surface area contributed by atoms with Gasteiger partial charge in [-0.25, -0.2) is 9.48 Å². The van der Waals surface area contributed by atoms with Crippen LogP contribution in [0.25, 0.3) is 0 Å². The van der Waals surface area contributed by atoms with Gasteiger partial charge >= 0.3 is 5.97 Å². The first kappa shape index (κ1) is 14.7. The molecule has 2 aromatic rings. The first-order valence-corrected chi connectivity index (χ1v) is 6.46. The number of hydrogen-bond donors (Lipinski definition) is 2. The highest BCUT2D eigenvalue weighted by molar-refractivity contribution is 5.95.